The lowest BCUT2D eigenvalue weighted by Crippen LogP contribution is -2.45. The molecule has 0 amide bonds. The molecule has 98 valence electrons. The highest BCUT2D eigenvalue weighted by Crippen LogP contribution is 2.17. The first-order chi connectivity index (χ1) is 8.29. The van der Waals surface area contributed by atoms with Crippen LogP contribution in [0.1, 0.15) is 26.2 Å². The summed E-state index contributed by atoms with van der Waals surface area (Å²) >= 11 is 0. The molecule has 2 saturated heterocycles. The molecule has 4 nitrogen and oxygen atoms in total. The number of hydrogen-bond donors (Lipinski definition) is 0. The molecule has 2 atom stereocenters. The van der Waals surface area contributed by atoms with E-state index in [1.807, 2.05) is 6.92 Å². The van der Waals surface area contributed by atoms with Crippen LogP contribution < -0.4 is 0 Å². The van der Waals surface area contributed by atoms with Gasteiger partial charge in [0.05, 0.1) is 25.2 Å². The van der Waals surface area contributed by atoms with Crippen molar-refractivity contribution in [3.8, 4) is 0 Å². The molecule has 2 rings (SSSR count). The van der Waals surface area contributed by atoms with Gasteiger partial charge in [0, 0.05) is 26.1 Å². The van der Waals surface area contributed by atoms with Crippen molar-refractivity contribution in [3.05, 3.63) is 0 Å². The summed E-state index contributed by atoms with van der Waals surface area (Å²) in [5.41, 5.74) is 0. The van der Waals surface area contributed by atoms with Crippen molar-refractivity contribution >= 4 is 5.78 Å². The normalized spacial score (nSPS) is 31.7. The molecule has 17 heavy (non-hydrogen) atoms. The number of nitrogens with zero attached hydrogens (tertiary/aromatic N) is 1. The summed E-state index contributed by atoms with van der Waals surface area (Å²) in [5, 5.41) is 0. The van der Waals surface area contributed by atoms with Gasteiger partial charge in [0.15, 0.2) is 0 Å². The van der Waals surface area contributed by atoms with Gasteiger partial charge in [0.25, 0.3) is 0 Å². The second kappa shape index (κ2) is 6.47. The quantitative estimate of drug-likeness (QED) is 0.738. The fourth-order valence-corrected chi connectivity index (χ4v) is 2.71. The Morgan fingerprint density at radius 3 is 3.18 bits per heavy atom. The molecule has 2 aliphatic rings. The van der Waals surface area contributed by atoms with Crippen molar-refractivity contribution in [3.63, 3.8) is 0 Å². The van der Waals surface area contributed by atoms with Crippen LogP contribution in [0.25, 0.3) is 0 Å². The lowest BCUT2D eigenvalue weighted by Gasteiger charge is -2.35. The SMILES string of the molecule is CCOC1CCCN(CC2COCCC2=O)C1. The molecule has 2 aliphatic heterocycles. The minimum Gasteiger partial charge on any atom is -0.380 e. The average Bonchev–Trinajstić information content (AvgIpc) is 2.33. The Bertz CT molecular complexity index is 255. The van der Waals surface area contributed by atoms with Gasteiger partial charge >= 0.3 is 0 Å². The molecule has 0 aromatic rings. The van der Waals surface area contributed by atoms with Crippen LogP contribution in [0, 0.1) is 5.92 Å². The summed E-state index contributed by atoms with van der Waals surface area (Å²) in [6.07, 6.45) is 3.27. The zero-order valence-electron chi connectivity index (χ0n) is 10.7. The van der Waals surface area contributed by atoms with Gasteiger partial charge in [-0.1, -0.05) is 0 Å². The molecular weight excluding hydrogens is 218 g/mol. The maximum absolute atomic E-state index is 11.7. The maximum Gasteiger partial charge on any atom is 0.141 e. The van der Waals surface area contributed by atoms with E-state index in [0.29, 0.717) is 31.5 Å². The number of piperidine rings is 1. The molecular formula is C13H23NO3. The molecule has 0 aliphatic carbocycles. The Hall–Kier alpha value is -0.450. The number of carbonyl (C=O) groups is 1. The van der Waals surface area contributed by atoms with Crippen LogP contribution in [0.15, 0.2) is 0 Å². The van der Waals surface area contributed by atoms with E-state index in [2.05, 4.69) is 4.90 Å². The van der Waals surface area contributed by atoms with Crippen LogP contribution in [0.2, 0.25) is 0 Å². The Morgan fingerprint density at radius 2 is 2.41 bits per heavy atom. The average molecular weight is 241 g/mol. The van der Waals surface area contributed by atoms with E-state index >= 15 is 0 Å². The Kier molecular flexibility index (Phi) is 4.95. The minimum atomic E-state index is 0.0872. The number of ether oxygens (including phenoxy) is 2. The Morgan fingerprint density at radius 1 is 1.53 bits per heavy atom. The first-order valence-corrected chi connectivity index (χ1v) is 6.74. The van der Waals surface area contributed by atoms with Crippen LogP contribution in [0.4, 0.5) is 0 Å². The first-order valence-electron chi connectivity index (χ1n) is 6.74. The largest absolute Gasteiger partial charge is 0.380 e. The lowest BCUT2D eigenvalue weighted by atomic mass is 9.98. The predicted octanol–water partition coefficient (Wildman–Crippen LogP) is 1.09. The highest BCUT2D eigenvalue weighted by Gasteiger charge is 2.27. The van der Waals surface area contributed by atoms with Crippen molar-refractivity contribution in [2.75, 3.05) is 39.5 Å². The standard InChI is InChI=1S/C13H23NO3/c1-2-17-12-4-3-6-14(9-12)8-11-10-16-7-5-13(11)15/h11-12H,2-10H2,1H3. The summed E-state index contributed by atoms with van der Waals surface area (Å²) in [6.45, 7) is 6.94. The second-order valence-corrected chi connectivity index (χ2v) is 4.97. The number of rotatable bonds is 4. The summed E-state index contributed by atoms with van der Waals surface area (Å²) in [4.78, 5) is 14.1. The first kappa shape index (κ1) is 13.0. The molecule has 0 saturated carbocycles. The van der Waals surface area contributed by atoms with Gasteiger partial charge in [-0.15, -0.1) is 0 Å². The third kappa shape index (κ3) is 3.76. The monoisotopic (exact) mass is 241 g/mol. The number of ketones is 1. The third-order valence-corrected chi connectivity index (χ3v) is 3.61. The number of hydrogen-bond acceptors (Lipinski definition) is 4. The van der Waals surface area contributed by atoms with Gasteiger partial charge in [0.1, 0.15) is 5.78 Å². The molecule has 2 fully saturated rings. The molecule has 0 radical (unpaired) electrons. The summed E-state index contributed by atoms with van der Waals surface area (Å²) in [5.74, 6) is 0.457. The molecule has 2 heterocycles. The number of likely N-dealkylation sites (tertiary alicyclic amines) is 1. The van der Waals surface area contributed by atoms with E-state index in [0.717, 1.165) is 32.7 Å². The van der Waals surface area contributed by atoms with E-state index in [9.17, 15) is 4.79 Å². The van der Waals surface area contributed by atoms with Gasteiger partial charge in [-0.05, 0) is 26.3 Å². The van der Waals surface area contributed by atoms with Gasteiger partial charge in [-0.2, -0.15) is 0 Å². The smallest absolute Gasteiger partial charge is 0.141 e. The van der Waals surface area contributed by atoms with E-state index in [4.69, 9.17) is 9.47 Å². The highest BCUT2D eigenvalue weighted by molar-refractivity contribution is 5.82. The molecule has 0 bridgehead atoms. The lowest BCUT2D eigenvalue weighted by molar-refractivity contribution is -0.131. The van der Waals surface area contributed by atoms with E-state index < -0.39 is 0 Å². The van der Waals surface area contributed by atoms with E-state index in [1.54, 1.807) is 0 Å². The third-order valence-electron chi connectivity index (χ3n) is 3.61. The highest BCUT2D eigenvalue weighted by atomic mass is 16.5. The zero-order chi connectivity index (χ0) is 12.1. The van der Waals surface area contributed by atoms with Crippen molar-refractivity contribution < 1.29 is 14.3 Å². The van der Waals surface area contributed by atoms with Crippen LogP contribution in [-0.4, -0.2) is 56.2 Å². The molecule has 0 N–H and O–H groups in total. The number of Topliss-reactive ketones (excluding diaryl/α,β-unsaturated/α-hetero) is 1. The van der Waals surface area contributed by atoms with Gasteiger partial charge in [-0.3, -0.25) is 9.69 Å². The van der Waals surface area contributed by atoms with Crippen LogP contribution in [0.3, 0.4) is 0 Å². The van der Waals surface area contributed by atoms with Crippen molar-refractivity contribution in [2.24, 2.45) is 5.92 Å². The van der Waals surface area contributed by atoms with E-state index in [1.165, 1.54) is 6.42 Å². The Labute approximate surface area is 103 Å². The van der Waals surface area contributed by atoms with Gasteiger partial charge in [-0.25, -0.2) is 0 Å². The molecule has 0 aromatic heterocycles. The van der Waals surface area contributed by atoms with Crippen LogP contribution in [-0.2, 0) is 14.3 Å². The fourth-order valence-electron chi connectivity index (χ4n) is 2.71. The van der Waals surface area contributed by atoms with Crippen molar-refractivity contribution in [1.82, 2.24) is 4.90 Å². The van der Waals surface area contributed by atoms with Crippen LogP contribution >= 0.6 is 0 Å². The molecule has 0 spiro atoms. The summed E-state index contributed by atoms with van der Waals surface area (Å²) < 4.78 is 11.1. The topological polar surface area (TPSA) is 38.8 Å². The predicted molar refractivity (Wildman–Crippen MR) is 65.0 cm³/mol. The number of carbonyl (C=O) groups excluding carboxylic acids is 1. The fraction of sp³-hybridized carbons (Fsp3) is 0.923. The van der Waals surface area contributed by atoms with Crippen molar-refractivity contribution in [1.29, 1.82) is 0 Å². The van der Waals surface area contributed by atoms with Gasteiger partial charge < -0.3 is 9.47 Å². The maximum atomic E-state index is 11.7. The molecule has 0 aromatic carbocycles. The molecule has 2 unspecified atom stereocenters. The zero-order valence-corrected chi connectivity index (χ0v) is 10.7. The van der Waals surface area contributed by atoms with E-state index in [-0.39, 0.29) is 5.92 Å². The van der Waals surface area contributed by atoms with Crippen LogP contribution in [0.5, 0.6) is 0 Å². The summed E-state index contributed by atoms with van der Waals surface area (Å²) in [6, 6.07) is 0. The Balaban J connectivity index is 1.79. The summed E-state index contributed by atoms with van der Waals surface area (Å²) in [7, 11) is 0. The molecule has 4 heteroatoms. The second-order valence-electron chi connectivity index (χ2n) is 4.97. The van der Waals surface area contributed by atoms with Gasteiger partial charge in [0.2, 0.25) is 0 Å². The minimum absolute atomic E-state index is 0.0872. The van der Waals surface area contributed by atoms with Crippen molar-refractivity contribution in [2.45, 2.75) is 32.3 Å².